The van der Waals surface area contributed by atoms with E-state index in [1.165, 1.54) is 57.8 Å². The van der Waals surface area contributed by atoms with E-state index >= 15 is 0 Å². The highest BCUT2D eigenvalue weighted by atomic mass is 16.4. The Morgan fingerprint density at radius 2 is 1.29 bits per heavy atom. The van der Waals surface area contributed by atoms with Crippen molar-refractivity contribution >= 4 is 11.9 Å². The van der Waals surface area contributed by atoms with E-state index in [9.17, 15) is 9.59 Å². The lowest BCUT2D eigenvalue weighted by Gasteiger charge is -2.20. The number of nitrogens with one attached hydrogen (secondary N) is 1. The number of carboxylic acids is 1. The van der Waals surface area contributed by atoms with Crippen molar-refractivity contribution in [3.8, 4) is 0 Å². The second kappa shape index (κ2) is 15.5. The molecule has 0 aromatic heterocycles. The largest absolute Gasteiger partial charge is 0.480 e. The lowest BCUT2D eigenvalue weighted by molar-refractivity contribution is -0.143. The number of rotatable bonds is 16. The molecule has 4 nitrogen and oxygen atoms in total. The third-order valence-corrected chi connectivity index (χ3v) is 4.80. The summed E-state index contributed by atoms with van der Waals surface area (Å²) >= 11 is 0. The van der Waals surface area contributed by atoms with E-state index in [0.717, 1.165) is 19.3 Å². The van der Waals surface area contributed by atoms with Gasteiger partial charge < -0.3 is 10.4 Å². The van der Waals surface area contributed by atoms with Crippen molar-refractivity contribution in [1.82, 2.24) is 5.32 Å². The molecule has 0 radical (unpaired) electrons. The molecule has 0 rings (SSSR count). The van der Waals surface area contributed by atoms with E-state index in [4.69, 9.17) is 5.11 Å². The van der Waals surface area contributed by atoms with Crippen molar-refractivity contribution in [2.24, 2.45) is 5.92 Å². The Kier molecular flexibility index (Phi) is 14.8. The number of carbonyl (C=O) groups is 2. The van der Waals surface area contributed by atoms with Gasteiger partial charge in [0.1, 0.15) is 6.04 Å². The highest BCUT2D eigenvalue weighted by molar-refractivity contribution is 5.83. The minimum absolute atomic E-state index is 0.0382. The van der Waals surface area contributed by atoms with Crippen molar-refractivity contribution in [3.63, 3.8) is 0 Å². The zero-order valence-corrected chi connectivity index (χ0v) is 16.1. The minimum Gasteiger partial charge on any atom is -0.480 e. The van der Waals surface area contributed by atoms with Gasteiger partial charge in [0.2, 0.25) is 5.91 Å². The van der Waals surface area contributed by atoms with Gasteiger partial charge in [0, 0.05) is 6.42 Å². The lowest BCUT2D eigenvalue weighted by atomic mass is 9.99. The summed E-state index contributed by atoms with van der Waals surface area (Å²) in [5.41, 5.74) is 0. The first-order valence-electron chi connectivity index (χ1n) is 10.0. The third kappa shape index (κ3) is 12.4. The molecule has 0 aliphatic rings. The van der Waals surface area contributed by atoms with Crippen LogP contribution in [0.25, 0.3) is 0 Å². The molecule has 0 heterocycles. The molecule has 0 aliphatic carbocycles. The van der Waals surface area contributed by atoms with Crippen LogP contribution in [0, 0.1) is 5.92 Å². The standard InChI is InChI=1S/C20H39NO3/c1-4-6-7-8-9-10-11-12-13-14-15-16-18(22)21-19(20(23)24)17(3)5-2/h17,19H,4-16H2,1-3H3,(H,21,22)(H,23,24)/t17?,19-/m0/s1. The summed E-state index contributed by atoms with van der Waals surface area (Å²) in [4.78, 5) is 23.0. The second-order valence-corrected chi connectivity index (χ2v) is 7.05. The van der Waals surface area contributed by atoms with Gasteiger partial charge in [-0.1, -0.05) is 91.4 Å². The molecule has 0 aliphatic heterocycles. The molecule has 24 heavy (non-hydrogen) atoms. The number of aliphatic carboxylic acids is 1. The van der Waals surface area contributed by atoms with E-state index < -0.39 is 12.0 Å². The van der Waals surface area contributed by atoms with Crippen LogP contribution in [0.2, 0.25) is 0 Å². The van der Waals surface area contributed by atoms with Gasteiger partial charge in [0.25, 0.3) is 0 Å². The normalized spacial score (nSPS) is 13.5. The highest BCUT2D eigenvalue weighted by Crippen LogP contribution is 2.12. The minimum atomic E-state index is -0.934. The fourth-order valence-corrected chi connectivity index (χ4v) is 2.88. The van der Waals surface area contributed by atoms with Gasteiger partial charge in [-0.3, -0.25) is 4.79 Å². The zero-order chi connectivity index (χ0) is 18.2. The van der Waals surface area contributed by atoms with Crippen LogP contribution in [0.15, 0.2) is 0 Å². The summed E-state index contributed by atoms with van der Waals surface area (Å²) in [5.74, 6) is -1.10. The first kappa shape index (κ1) is 22.9. The second-order valence-electron chi connectivity index (χ2n) is 7.05. The summed E-state index contributed by atoms with van der Waals surface area (Å²) < 4.78 is 0. The molecule has 1 unspecified atom stereocenters. The third-order valence-electron chi connectivity index (χ3n) is 4.80. The van der Waals surface area contributed by atoms with Crippen molar-refractivity contribution in [3.05, 3.63) is 0 Å². The molecule has 1 amide bonds. The summed E-state index contributed by atoms with van der Waals surface area (Å²) in [6, 6.07) is -0.754. The van der Waals surface area contributed by atoms with E-state index in [1.54, 1.807) is 0 Å². The average Bonchev–Trinajstić information content (AvgIpc) is 2.56. The number of hydrogen-bond acceptors (Lipinski definition) is 2. The van der Waals surface area contributed by atoms with Crippen LogP contribution in [0.5, 0.6) is 0 Å². The van der Waals surface area contributed by atoms with E-state index in [1.807, 2.05) is 13.8 Å². The average molecular weight is 342 g/mol. The number of unbranched alkanes of at least 4 members (excludes halogenated alkanes) is 10. The maximum Gasteiger partial charge on any atom is 0.326 e. The fourth-order valence-electron chi connectivity index (χ4n) is 2.88. The molecular formula is C20H39NO3. The molecule has 0 saturated carbocycles. The Morgan fingerprint density at radius 3 is 1.71 bits per heavy atom. The molecule has 142 valence electrons. The van der Waals surface area contributed by atoms with Crippen molar-refractivity contribution < 1.29 is 14.7 Å². The number of hydrogen-bond donors (Lipinski definition) is 2. The van der Waals surface area contributed by atoms with Crippen LogP contribution in [0.3, 0.4) is 0 Å². The van der Waals surface area contributed by atoms with Crippen LogP contribution in [0.1, 0.15) is 104 Å². The maximum atomic E-state index is 11.9. The SMILES string of the molecule is CCCCCCCCCCCCCC(=O)N[C@H](C(=O)O)C(C)CC. The molecule has 2 N–H and O–H groups in total. The monoisotopic (exact) mass is 341 g/mol. The first-order chi connectivity index (χ1) is 11.5. The predicted octanol–water partition coefficient (Wildman–Crippen LogP) is 5.30. The van der Waals surface area contributed by atoms with Gasteiger partial charge >= 0.3 is 5.97 Å². The molecule has 2 atom stereocenters. The molecule has 0 aromatic carbocycles. The fraction of sp³-hybridized carbons (Fsp3) is 0.900. The molecule has 0 saturated heterocycles. The molecule has 0 bridgehead atoms. The van der Waals surface area contributed by atoms with Gasteiger partial charge in [-0.05, 0) is 12.3 Å². The Balaban J connectivity index is 3.56. The van der Waals surface area contributed by atoms with Gasteiger partial charge in [-0.15, -0.1) is 0 Å². The number of carbonyl (C=O) groups excluding carboxylic acids is 1. The number of carboxylic acid groups (broad SMARTS) is 1. The molecule has 0 fully saturated rings. The van der Waals surface area contributed by atoms with Crippen LogP contribution in [-0.2, 0) is 9.59 Å². The summed E-state index contributed by atoms with van der Waals surface area (Å²) in [5, 5.41) is 11.8. The molecular weight excluding hydrogens is 302 g/mol. The van der Waals surface area contributed by atoms with Gasteiger partial charge in [-0.2, -0.15) is 0 Å². The summed E-state index contributed by atoms with van der Waals surface area (Å²) in [6.45, 7) is 6.05. The highest BCUT2D eigenvalue weighted by Gasteiger charge is 2.24. The van der Waals surface area contributed by atoms with Gasteiger partial charge in [0.15, 0.2) is 0 Å². The Labute approximate surface area is 148 Å². The van der Waals surface area contributed by atoms with E-state index in [2.05, 4.69) is 12.2 Å². The number of amides is 1. The van der Waals surface area contributed by atoms with Gasteiger partial charge in [0.05, 0.1) is 0 Å². The summed E-state index contributed by atoms with van der Waals surface area (Å²) in [6.07, 6.45) is 14.9. The first-order valence-corrected chi connectivity index (χ1v) is 10.0. The van der Waals surface area contributed by atoms with E-state index in [-0.39, 0.29) is 11.8 Å². The van der Waals surface area contributed by atoms with Gasteiger partial charge in [-0.25, -0.2) is 4.79 Å². The van der Waals surface area contributed by atoms with E-state index in [0.29, 0.717) is 6.42 Å². The molecule has 0 spiro atoms. The van der Waals surface area contributed by atoms with Crippen LogP contribution < -0.4 is 5.32 Å². The Morgan fingerprint density at radius 1 is 0.833 bits per heavy atom. The van der Waals surface area contributed by atoms with Crippen molar-refractivity contribution in [2.45, 2.75) is 110 Å². The predicted molar refractivity (Wildman–Crippen MR) is 100 cm³/mol. The molecule has 4 heteroatoms. The summed E-state index contributed by atoms with van der Waals surface area (Å²) in [7, 11) is 0. The lowest BCUT2D eigenvalue weighted by Crippen LogP contribution is -2.44. The van der Waals surface area contributed by atoms with Crippen molar-refractivity contribution in [2.75, 3.05) is 0 Å². The Hall–Kier alpha value is -1.06. The van der Waals surface area contributed by atoms with Crippen LogP contribution in [0.4, 0.5) is 0 Å². The van der Waals surface area contributed by atoms with Crippen LogP contribution in [-0.4, -0.2) is 23.0 Å². The topological polar surface area (TPSA) is 66.4 Å². The van der Waals surface area contributed by atoms with Crippen molar-refractivity contribution in [1.29, 1.82) is 0 Å². The smallest absolute Gasteiger partial charge is 0.326 e. The molecule has 0 aromatic rings. The maximum absolute atomic E-state index is 11.9. The van der Waals surface area contributed by atoms with Crippen LogP contribution >= 0.6 is 0 Å². The Bertz CT molecular complexity index is 331. The zero-order valence-electron chi connectivity index (χ0n) is 16.1. The quantitative estimate of drug-likeness (QED) is 0.374.